The lowest BCUT2D eigenvalue weighted by Crippen LogP contribution is -2.00. The number of pyridine rings is 1. The van der Waals surface area contributed by atoms with E-state index in [1.54, 1.807) is 30.3 Å². The molecule has 0 aliphatic carbocycles. The molecule has 0 saturated carbocycles. The topological polar surface area (TPSA) is 89.6 Å². The maximum atomic E-state index is 6.08. The fourth-order valence-corrected chi connectivity index (χ4v) is 2.70. The SMILES string of the molecule is Nc1cc(Cc2ccccccccc2)c(/N=N/c2ccc(Cl)cc2)c(N)n1. The van der Waals surface area contributed by atoms with Gasteiger partial charge in [-0.15, -0.1) is 5.11 Å². The van der Waals surface area contributed by atoms with Gasteiger partial charge in [0.2, 0.25) is 0 Å². The number of rotatable bonds is 4. The van der Waals surface area contributed by atoms with E-state index in [9.17, 15) is 0 Å². The van der Waals surface area contributed by atoms with Crippen molar-refractivity contribution in [1.29, 1.82) is 0 Å². The van der Waals surface area contributed by atoms with Gasteiger partial charge in [-0.2, -0.15) is 5.11 Å². The van der Waals surface area contributed by atoms with Gasteiger partial charge in [-0.25, -0.2) is 4.98 Å². The van der Waals surface area contributed by atoms with Gasteiger partial charge in [-0.1, -0.05) is 66.2 Å². The monoisotopic (exact) mass is 389 g/mol. The fourth-order valence-electron chi connectivity index (χ4n) is 2.57. The number of aromatic nitrogens is 1. The fraction of sp³-hybridized carbons (Fsp3) is 0.0455. The molecule has 0 unspecified atom stereocenters. The maximum Gasteiger partial charge on any atom is 0.154 e. The molecule has 4 N–H and O–H groups in total. The first-order valence-corrected chi connectivity index (χ1v) is 9.09. The van der Waals surface area contributed by atoms with Gasteiger partial charge in [0.15, 0.2) is 5.82 Å². The molecule has 140 valence electrons. The summed E-state index contributed by atoms with van der Waals surface area (Å²) in [5.74, 6) is 0.594. The van der Waals surface area contributed by atoms with Gasteiger partial charge in [-0.3, -0.25) is 0 Å². The third kappa shape index (κ3) is 5.53. The van der Waals surface area contributed by atoms with Gasteiger partial charge >= 0.3 is 0 Å². The van der Waals surface area contributed by atoms with Crippen molar-refractivity contribution in [2.24, 2.45) is 10.2 Å². The van der Waals surface area contributed by atoms with Crippen molar-refractivity contribution in [2.45, 2.75) is 6.42 Å². The number of nitrogen functional groups attached to an aromatic ring is 2. The van der Waals surface area contributed by atoms with Crippen molar-refractivity contribution in [3.63, 3.8) is 0 Å². The van der Waals surface area contributed by atoms with E-state index in [1.807, 2.05) is 54.6 Å². The maximum absolute atomic E-state index is 6.08. The first kappa shape index (κ1) is 19.3. The summed E-state index contributed by atoms with van der Waals surface area (Å²) in [4.78, 5) is 4.12. The smallest absolute Gasteiger partial charge is 0.154 e. The van der Waals surface area contributed by atoms with Gasteiger partial charge in [0.1, 0.15) is 11.5 Å². The lowest BCUT2D eigenvalue weighted by molar-refractivity contribution is 1.12. The largest absolute Gasteiger partial charge is 0.384 e. The molecular weight excluding hydrogens is 370 g/mol. The Balaban J connectivity index is 1.98. The Morgan fingerprint density at radius 3 is 2.04 bits per heavy atom. The Kier molecular flexibility index (Phi) is 6.54. The molecule has 28 heavy (non-hydrogen) atoms. The molecule has 1 aromatic heterocycles. The van der Waals surface area contributed by atoms with Crippen molar-refractivity contribution in [1.82, 2.24) is 4.98 Å². The summed E-state index contributed by atoms with van der Waals surface area (Å²) in [6, 6.07) is 26.7. The summed E-state index contributed by atoms with van der Waals surface area (Å²) in [5.41, 5.74) is 15.1. The van der Waals surface area contributed by atoms with Gasteiger partial charge in [-0.05, 0) is 47.9 Å². The van der Waals surface area contributed by atoms with Gasteiger partial charge in [0, 0.05) is 5.02 Å². The molecule has 6 heteroatoms. The highest BCUT2D eigenvalue weighted by atomic mass is 35.5. The van der Waals surface area contributed by atoms with Gasteiger partial charge in [0.25, 0.3) is 0 Å². The molecule has 0 fully saturated rings. The van der Waals surface area contributed by atoms with Crippen LogP contribution >= 0.6 is 11.6 Å². The second-order valence-corrected chi connectivity index (χ2v) is 6.49. The molecule has 0 bridgehead atoms. The summed E-state index contributed by atoms with van der Waals surface area (Å²) < 4.78 is 0. The Hall–Kier alpha value is -3.44. The van der Waals surface area contributed by atoms with E-state index < -0.39 is 0 Å². The molecule has 0 atom stereocenters. The van der Waals surface area contributed by atoms with Crippen molar-refractivity contribution >= 4 is 34.6 Å². The minimum atomic E-state index is 0.246. The normalized spacial score (nSPS) is 10.6. The predicted molar refractivity (Wildman–Crippen MR) is 116 cm³/mol. The highest BCUT2D eigenvalue weighted by molar-refractivity contribution is 6.30. The summed E-state index contributed by atoms with van der Waals surface area (Å²) in [6.07, 6.45) is 0.588. The lowest BCUT2D eigenvalue weighted by atomic mass is 10.0. The number of nitrogens with zero attached hydrogens (tertiary/aromatic N) is 3. The van der Waals surface area contributed by atoms with E-state index in [4.69, 9.17) is 23.1 Å². The Morgan fingerprint density at radius 2 is 1.39 bits per heavy atom. The summed E-state index contributed by atoms with van der Waals surface area (Å²) in [5, 5.41) is 9.23. The van der Waals surface area contributed by atoms with Crippen molar-refractivity contribution < 1.29 is 0 Å². The number of nitrogens with two attached hydrogens (primary N) is 2. The standard InChI is InChI=1S/C22H20ClN5/c23-18-10-12-19(13-11-18)27-28-21-17(15-20(24)26-22(21)25)14-16-8-6-4-2-1-3-5-7-9-16/h1-13,15H,14H2,(H4,24,25,26)/b2-1?,3-1?,4-2?,5-3?,6-4?,7-5?,8-6?,9-7?,16-8?,16-9?,28-27+. The Labute approximate surface area is 169 Å². The third-order valence-electron chi connectivity index (χ3n) is 3.89. The van der Waals surface area contributed by atoms with Crippen LogP contribution in [-0.4, -0.2) is 4.98 Å². The molecule has 0 aliphatic rings. The van der Waals surface area contributed by atoms with Crippen LogP contribution in [0.3, 0.4) is 0 Å². The number of benzene rings is 1. The number of hydrogen-bond donors (Lipinski definition) is 2. The molecule has 3 rings (SSSR count). The van der Waals surface area contributed by atoms with Crippen LogP contribution in [0.1, 0.15) is 11.1 Å². The molecule has 2 aromatic carbocycles. The minimum Gasteiger partial charge on any atom is -0.384 e. The molecule has 0 spiro atoms. The van der Waals surface area contributed by atoms with Crippen LogP contribution < -0.4 is 11.5 Å². The summed E-state index contributed by atoms with van der Waals surface area (Å²) in [6.45, 7) is 0. The average molecular weight is 390 g/mol. The number of hydrogen-bond acceptors (Lipinski definition) is 5. The zero-order chi connectivity index (χ0) is 19.8. The lowest BCUT2D eigenvalue weighted by Gasteiger charge is -2.08. The Bertz CT molecular complexity index is 1010. The Morgan fingerprint density at radius 1 is 0.786 bits per heavy atom. The minimum absolute atomic E-state index is 0.246. The molecule has 0 amide bonds. The van der Waals surface area contributed by atoms with E-state index in [-0.39, 0.29) is 5.82 Å². The zero-order valence-corrected chi connectivity index (χ0v) is 15.9. The molecule has 0 saturated heterocycles. The van der Waals surface area contributed by atoms with E-state index in [0.717, 1.165) is 11.1 Å². The van der Waals surface area contributed by atoms with Crippen LogP contribution in [0.5, 0.6) is 0 Å². The van der Waals surface area contributed by atoms with E-state index in [1.165, 1.54) is 0 Å². The van der Waals surface area contributed by atoms with E-state index in [2.05, 4.69) is 15.2 Å². The van der Waals surface area contributed by atoms with Crippen molar-refractivity contribution in [3.05, 3.63) is 101 Å². The predicted octanol–water partition coefficient (Wildman–Crippen LogP) is 6.03. The quantitative estimate of drug-likeness (QED) is 0.533. The number of halogens is 1. The van der Waals surface area contributed by atoms with E-state index >= 15 is 0 Å². The number of anilines is 2. The molecular formula is C22H20ClN5. The molecule has 3 aromatic rings. The molecule has 1 heterocycles. The average Bonchev–Trinajstić information content (AvgIpc) is 2.67. The van der Waals surface area contributed by atoms with Gasteiger partial charge in [0.05, 0.1) is 5.69 Å². The zero-order valence-electron chi connectivity index (χ0n) is 15.2. The molecule has 0 radical (unpaired) electrons. The van der Waals surface area contributed by atoms with Crippen LogP contribution in [0.25, 0.3) is 0 Å². The van der Waals surface area contributed by atoms with Crippen LogP contribution in [0.4, 0.5) is 23.0 Å². The first-order chi connectivity index (χ1) is 13.6. The summed E-state index contributed by atoms with van der Waals surface area (Å²) >= 11 is 5.91. The van der Waals surface area contributed by atoms with Crippen molar-refractivity contribution in [2.75, 3.05) is 11.5 Å². The number of azo groups is 1. The van der Waals surface area contributed by atoms with Crippen LogP contribution in [-0.2, 0) is 6.42 Å². The second kappa shape index (κ2) is 9.48. The molecule has 0 aliphatic heterocycles. The first-order valence-electron chi connectivity index (χ1n) is 8.71. The third-order valence-corrected chi connectivity index (χ3v) is 4.14. The highest BCUT2D eigenvalue weighted by Gasteiger charge is 2.10. The van der Waals surface area contributed by atoms with Crippen LogP contribution in [0.15, 0.2) is 95.2 Å². The van der Waals surface area contributed by atoms with Gasteiger partial charge < -0.3 is 11.5 Å². The van der Waals surface area contributed by atoms with Crippen LogP contribution in [0, 0.1) is 0 Å². The van der Waals surface area contributed by atoms with E-state index in [0.29, 0.717) is 28.6 Å². The molecule has 5 nitrogen and oxygen atoms in total. The highest BCUT2D eigenvalue weighted by Crippen LogP contribution is 2.31. The second-order valence-electron chi connectivity index (χ2n) is 6.05. The van der Waals surface area contributed by atoms with Crippen molar-refractivity contribution in [3.8, 4) is 0 Å². The summed E-state index contributed by atoms with van der Waals surface area (Å²) in [7, 11) is 0. The van der Waals surface area contributed by atoms with Crippen LogP contribution in [0.2, 0.25) is 5.02 Å².